The van der Waals surface area contributed by atoms with Gasteiger partial charge in [-0.3, -0.25) is 4.90 Å². The molecule has 0 aromatic carbocycles. The molecule has 0 saturated carbocycles. The monoisotopic (exact) mass is 286 g/mol. The zero-order valence-electron chi connectivity index (χ0n) is 13.6. The van der Waals surface area contributed by atoms with Crippen molar-refractivity contribution in [3.05, 3.63) is 0 Å². The first kappa shape index (κ1) is 17.9. The van der Waals surface area contributed by atoms with Gasteiger partial charge in [-0.1, -0.05) is 25.7 Å². The van der Waals surface area contributed by atoms with Crippen LogP contribution in [0.1, 0.15) is 38.5 Å². The van der Waals surface area contributed by atoms with E-state index in [-0.39, 0.29) is 0 Å². The minimum absolute atomic E-state index is 0.900. The van der Waals surface area contributed by atoms with E-state index in [0.717, 1.165) is 26.4 Å². The fourth-order valence-corrected chi connectivity index (χ4v) is 2.52. The fraction of sp³-hybridized carbons (Fsp3) is 1.00. The Labute approximate surface area is 125 Å². The third-order valence-corrected chi connectivity index (χ3v) is 4.03. The number of methoxy groups -OCH3 is 1. The molecule has 1 rings (SSSR count). The fourth-order valence-electron chi connectivity index (χ4n) is 2.52. The van der Waals surface area contributed by atoms with E-state index in [0.29, 0.717) is 0 Å². The number of unbranched alkanes of at least 4 members (excludes halogenated alkanes) is 5. The van der Waals surface area contributed by atoms with Crippen LogP contribution in [0, 0.1) is 0 Å². The predicted molar refractivity (Wildman–Crippen MR) is 84.3 cm³/mol. The van der Waals surface area contributed by atoms with Crippen molar-refractivity contribution in [2.24, 2.45) is 0 Å². The van der Waals surface area contributed by atoms with Crippen LogP contribution in [0.15, 0.2) is 0 Å². The smallest absolute Gasteiger partial charge is 0.0593 e. The Hall–Kier alpha value is -0.160. The molecule has 0 unspecified atom stereocenters. The number of rotatable bonds is 12. The molecular formula is C16H34N2O2. The summed E-state index contributed by atoms with van der Waals surface area (Å²) >= 11 is 0. The summed E-state index contributed by atoms with van der Waals surface area (Å²) in [6, 6.07) is 0. The van der Waals surface area contributed by atoms with Crippen LogP contribution in [0.2, 0.25) is 0 Å². The van der Waals surface area contributed by atoms with Crippen LogP contribution in [0.25, 0.3) is 0 Å². The highest BCUT2D eigenvalue weighted by Crippen LogP contribution is 2.05. The van der Waals surface area contributed by atoms with Crippen molar-refractivity contribution in [3.8, 4) is 0 Å². The molecule has 0 N–H and O–H groups in total. The van der Waals surface area contributed by atoms with Crippen LogP contribution >= 0.6 is 0 Å². The van der Waals surface area contributed by atoms with Gasteiger partial charge in [-0.25, -0.2) is 0 Å². The van der Waals surface area contributed by atoms with Crippen molar-refractivity contribution in [3.63, 3.8) is 0 Å². The maximum atomic E-state index is 5.73. The normalized spacial score (nSPS) is 17.7. The largest absolute Gasteiger partial charge is 0.385 e. The lowest BCUT2D eigenvalue weighted by Crippen LogP contribution is -2.45. The molecule has 4 nitrogen and oxygen atoms in total. The van der Waals surface area contributed by atoms with Crippen molar-refractivity contribution in [1.82, 2.24) is 9.80 Å². The minimum Gasteiger partial charge on any atom is -0.385 e. The highest BCUT2D eigenvalue weighted by molar-refractivity contribution is 4.68. The first-order valence-corrected chi connectivity index (χ1v) is 8.30. The third-order valence-electron chi connectivity index (χ3n) is 4.03. The number of ether oxygens (including phenoxy) is 2. The van der Waals surface area contributed by atoms with E-state index in [2.05, 4.69) is 16.8 Å². The molecule has 0 aromatic rings. The lowest BCUT2D eigenvalue weighted by Gasteiger charge is -2.32. The number of hydrogen-bond acceptors (Lipinski definition) is 4. The molecule has 1 fully saturated rings. The maximum Gasteiger partial charge on any atom is 0.0593 e. The van der Waals surface area contributed by atoms with Gasteiger partial charge in [-0.05, 0) is 19.9 Å². The van der Waals surface area contributed by atoms with Gasteiger partial charge in [0.25, 0.3) is 0 Å². The molecule has 1 saturated heterocycles. The van der Waals surface area contributed by atoms with Gasteiger partial charge in [0.05, 0.1) is 6.61 Å². The highest BCUT2D eigenvalue weighted by atomic mass is 16.5. The minimum atomic E-state index is 0.900. The van der Waals surface area contributed by atoms with Gasteiger partial charge in [0.2, 0.25) is 0 Å². The van der Waals surface area contributed by atoms with E-state index >= 15 is 0 Å². The van der Waals surface area contributed by atoms with Gasteiger partial charge in [-0.15, -0.1) is 0 Å². The van der Waals surface area contributed by atoms with Crippen molar-refractivity contribution < 1.29 is 9.47 Å². The molecule has 0 atom stereocenters. The van der Waals surface area contributed by atoms with Gasteiger partial charge in [0, 0.05) is 53.0 Å². The predicted octanol–water partition coefficient (Wildman–Crippen LogP) is 2.24. The van der Waals surface area contributed by atoms with E-state index in [1.165, 1.54) is 64.7 Å². The summed E-state index contributed by atoms with van der Waals surface area (Å²) in [7, 11) is 3.97. The van der Waals surface area contributed by atoms with Crippen LogP contribution in [0.5, 0.6) is 0 Å². The molecule has 1 aliphatic heterocycles. The molecule has 1 heterocycles. The van der Waals surface area contributed by atoms with Crippen molar-refractivity contribution in [1.29, 1.82) is 0 Å². The molecule has 1 aliphatic rings. The second-order valence-corrected chi connectivity index (χ2v) is 5.87. The average molecular weight is 286 g/mol. The van der Waals surface area contributed by atoms with Crippen LogP contribution in [-0.4, -0.2) is 76.5 Å². The molecule has 4 heteroatoms. The Morgan fingerprint density at radius 3 is 2.00 bits per heavy atom. The number of likely N-dealkylation sites (N-methyl/N-ethyl adjacent to an activating group) is 1. The van der Waals surface area contributed by atoms with Gasteiger partial charge in [-0.2, -0.15) is 0 Å². The van der Waals surface area contributed by atoms with Crippen LogP contribution in [0.4, 0.5) is 0 Å². The molecule has 20 heavy (non-hydrogen) atoms. The first-order valence-electron chi connectivity index (χ1n) is 8.30. The zero-order chi connectivity index (χ0) is 14.5. The van der Waals surface area contributed by atoms with Crippen LogP contribution in [-0.2, 0) is 9.47 Å². The average Bonchev–Trinajstić information content (AvgIpc) is 2.47. The van der Waals surface area contributed by atoms with E-state index in [1.807, 2.05) is 0 Å². The quantitative estimate of drug-likeness (QED) is 0.514. The molecule has 120 valence electrons. The summed E-state index contributed by atoms with van der Waals surface area (Å²) in [5.74, 6) is 0. The van der Waals surface area contributed by atoms with Gasteiger partial charge in [0.15, 0.2) is 0 Å². The van der Waals surface area contributed by atoms with Crippen molar-refractivity contribution >= 4 is 0 Å². The Morgan fingerprint density at radius 2 is 1.35 bits per heavy atom. The number of hydrogen-bond donors (Lipinski definition) is 0. The SMILES string of the molecule is COCCCCCCCCOCCN1CCN(C)CC1. The topological polar surface area (TPSA) is 24.9 Å². The lowest BCUT2D eigenvalue weighted by atomic mass is 10.1. The summed E-state index contributed by atoms with van der Waals surface area (Å²) < 4.78 is 10.8. The molecule has 0 aromatic heterocycles. The van der Waals surface area contributed by atoms with Crippen molar-refractivity contribution in [2.45, 2.75) is 38.5 Å². The maximum absolute atomic E-state index is 5.73. The number of piperazine rings is 1. The Kier molecular flexibility index (Phi) is 11.2. The summed E-state index contributed by atoms with van der Waals surface area (Å²) in [6.45, 7) is 8.64. The lowest BCUT2D eigenvalue weighted by molar-refractivity contribution is 0.0799. The standard InChI is InChI=1S/C16H34N2O2/c1-17-9-11-18(12-10-17)13-16-20-15-8-6-4-3-5-7-14-19-2/h3-16H2,1-2H3. The molecular weight excluding hydrogens is 252 g/mol. The summed E-state index contributed by atoms with van der Waals surface area (Å²) in [5.41, 5.74) is 0. The Balaban J connectivity index is 1.74. The third kappa shape index (κ3) is 9.70. The zero-order valence-corrected chi connectivity index (χ0v) is 13.6. The Morgan fingerprint density at radius 1 is 0.750 bits per heavy atom. The molecule has 0 radical (unpaired) electrons. The summed E-state index contributed by atoms with van der Waals surface area (Å²) in [5, 5.41) is 0. The second kappa shape index (κ2) is 12.6. The van der Waals surface area contributed by atoms with Gasteiger partial charge >= 0.3 is 0 Å². The van der Waals surface area contributed by atoms with Crippen LogP contribution < -0.4 is 0 Å². The van der Waals surface area contributed by atoms with E-state index in [1.54, 1.807) is 7.11 Å². The Bertz CT molecular complexity index is 207. The van der Waals surface area contributed by atoms with E-state index in [4.69, 9.17) is 9.47 Å². The summed E-state index contributed by atoms with van der Waals surface area (Å²) in [6.07, 6.45) is 7.71. The molecule has 0 spiro atoms. The second-order valence-electron chi connectivity index (χ2n) is 5.87. The number of nitrogens with zero attached hydrogens (tertiary/aromatic N) is 2. The van der Waals surface area contributed by atoms with Crippen molar-refractivity contribution in [2.75, 3.05) is 66.7 Å². The molecule has 0 amide bonds. The van der Waals surface area contributed by atoms with E-state index < -0.39 is 0 Å². The molecule has 0 bridgehead atoms. The van der Waals surface area contributed by atoms with Crippen LogP contribution in [0.3, 0.4) is 0 Å². The van der Waals surface area contributed by atoms with Gasteiger partial charge < -0.3 is 14.4 Å². The molecule has 0 aliphatic carbocycles. The highest BCUT2D eigenvalue weighted by Gasteiger charge is 2.12. The first-order chi connectivity index (χ1) is 9.83. The van der Waals surface area contributed by atoms with Gasteiger partial charge in [0.1, 0.15) is 0 Å². The van der Waals surface area contributed by atoms with E-state index in [9.17, 15) is 0 Å². The summed E-state index contributed by atoms with van der Waals surface area (Å²) in [4.78, 5) is 4.90.